The summed E-state index contributed by atoms with van der Waals surface area (Å²) >= 11 is 0. The molecule has 3 N–H and O–H groups in total. The summed E-state index contributed by atoms with van der Waals surface area (Å²) in [5, 5.41) is 2.85. The molecule has 10 heteroatoms. The molecule has 3 aromatic heterocycles. The van der Waals surface area contributed by atoms with E-state index in [-0.39, 0.29) is 30.1 Å². The molecular formula is C16H21N7O2S. The molecule has 0 aliphatic carbocycles. The van der Waals surface area contributed by atoms with Gasteiger partial charge in [-0.2, -0.15) is 4.98 Å². The van der Waals surface area contributed by atoms with E-state index in [9.17, 15) is 8.42 Å². The van der Waals surface area contributed by atoms with E-state index < -0.39 is 9.84 Å². The Kier molecular flexibility index (Phi) is 4.77. The van der Waals surface area contributed by atoms with Crippen LogP contribution in [-0.4, -0.2) is 51.5 Å². The van der Waals surface area contributed by atoms with Crippen molar-refractivity contribution in [2.75, 3.05) is 29.6 Å². The Morgan fingerprint density at radius 3 is 2.65 bits per heavy atom. The Bertz CT molecular complexity index is 1040. The molecule has 3 aromatic rings. The van der Waals surface area contributed by atoms with Gasteiger partial charge in [-0.3, -0.25) is 4.98 Å². The zero-order valence-corrected chi connectivity index (χ0v) is 15.7. The van der Waals surface area contributed by atoms with E-state index in [0.29, 0.717) is 11.3 Å². The Hall–Kier alpha value is -2.75. The van der Waals surface area contributed by atoms with Gasteiger partial charge in [0.1, 0.15) is 21.2 Å². The molecule has 0 atom stereocenters. The second-order valence-corrected chi connectivity index (χ2v) is 8.61. The van der Waals surface area contributed by atoms with Gasteiger partial charge in [0.2, 0.25) is 5.95 Å². The molecule has 0 unspecified atom stereocenters. The summed E-state index contributed by atoms with van der Waals surface area (Å²) in [7, 11) is -3.05. The molecule has 0 radical (unpaired) electrons. The summed E-state index contributed by atoms with van der Waals surface area (Å²) in [6, 6.07) is 2.18. The maximum absolute atomic E-state index is 11.2. The molecule has 9 nitrogen and oxygen atoms in total. The van der Waals surface area contributed by atoms with Crippen molar-refractivity contribution in [1.29, 1.82) is 0 Å². The number of hydrogen-bond acceptors (Lipinski definition) is 8. The number of imidazole rings is 1. The number of sulfone groups is 1. The van der Waals surface area contributed by atoms with Crippen LogP contribution in [0.15, 0.2) is 24.8 Å². The van der Waals surface area contributed by atoms with Gasteiger partial charge in [0, 0.05) is 25.0 Å². The average molecular weight is 375 g/mol. The van der Waals surface area contributed by atoms with Gasteiger partial charge in [-0.1, -0.05) is 0 Å². The van der Waals surface area contributed by atoms with Crippen LogP contribution in [0.4, 0.5) is 11.8 Å². The maximum Gasteiger partial charge on any atom is 0.224 e. The molecule has 0 bridgehead atoms. The molecule has 0 fully saturated rings. The van der Waals surface area contributed by atoms with Crippen molar-refractivity contribution in [3.8, 4) is 11.3 Å². The SMILES string of the molecule is CC(C)n1cnc2cnc(-c3cnc(NCCS(C)(=O)=O)nc3N)cc21. The first-order chi connectivity index (χ1) is 12.2. The predicted octanol–water partition coefficient (Wildman–Crippen LogP) is 1.51. The van der Waals surface area contributed by atoms with Gasteiger partial charge in [-0.15, -0.1) is 0 Å². The number of nitrogen functional groups attached to an aromatic ring is 1. The minimum absolute atomic E-state index is 0.00453. The lowest BCUT2D eigenvalue weighted by Crippen LogP contribution is -2.16. The highest BCUT2D eigenvalue weighted by Gasteiger charge is 2.12. The average Bonchev–Trinajstić information content (AvgIpc) is 2.97. The summed E-state index contributed by atoms with van der Waals surface area (Å²) in [6.45, 7) is 4.38. The molecule has 0 amide bonds. The van der Waals surface area contributed by atoms with Crippen LogP contribution in [0.5, 0.6) is 0 Å². The zero-order chi connectivity index (χ0) is 18.9. The second-order valence-electron chi connectivity index (χ2n) is 6.35. The van der Waals surface area contributed by atoms with Crippen LogP contribution in [0, 0.1) is 0 Å². The standard InChI is InChI=1S/C16H21N7O2S/c1-10(2)23-9-21-13-8-19-12(6-14(13)23)11-7-20-16(22-15(11)17)18-4-5-26(3,24)25/h6-10H,4-5H2,1-3H3,(H3,17,18,20,22). The smallest absolute Gasteiger partial charge is 0.224 e. The minimum atomic E-state index is -3.05. The fraction of sp³-hybridized carbons (Fsp3) is 0.375. The number of hydrogen-bond donors (Lipinski definition) is 2. The molecule has 138 valence electrons. The van der Waals surface area contributed by atoms with E-state index >= 15 is 0 Å². The van der Waals surface area contributed by atoms with E-state index in [1.807, 2.05) is 6.07 Å². The van der Waals surface area contributed by atoms with Crippen LogP contribution in [-0.2, 0) is 9.84 Å². The lowest BCUT2D eigenvalue weighted by Gasteiger charge is -2.10. The number of anilines is 2. The lowest BCUT2D eigenvalue weighted by atomic mass is 10.2. The molecule has 0 aliphatic rings. The summed E-state index contributed by atoms with van der Waals surface area (Å²) in [6.07, 6.45) is 6.24. The van der Waals surface area contributed by atoms with Gasteiger partial charge in [0.25, 0.3) is 0 Å². The number of nitrogens with zero attached hydrogens (tertiary/aromatic N) is 5. The van der Waals surface area contributed by atoms with Crippen molar-refractivity contribution in [1.82, 2.24) is 24.5 Å². The highest BCUT2D eigenvalue weighted by molar-refractivity contribution is 7.90. The number of pyridine rings is 1. The number of rotatable bonds is 6. The molecule has 26 heavy (non-hydrogen) atoms. The van der Waals surface area contributed by atoms with Crippen molar-refractivity contribution in [2.45, 2.75) is 19.9 Å². The van der Waals surface area contributed by atoms with Gasteiger partial charge in [0.05, 0.1) is 35.1 Å². The fourth-order valence-corrected chi connectivity index (χ4v) is 2.99. The van der Waals surface area contributed by atoms with E-state index in [0.717, 1.165) is 11.0 Å². The first-order valence-corrected chi connectivity index (χ1v) is 10.2. The first-order valence-electron chi connectivity index (χ1n) is 8.11. The van der Waals surface area contributed by atoms with Crippen molar-refractivity contribution >= 4 is 32.6 Å². The van der Waals surface area contributed by atoms with Crippen LogP contribution in [0.3, 0.4) is 0 Å². The Balaban J connectivity index is 1.87. The van der Waals surface area contributed by atoms with Crippen LogP contribution >= 0.6 is 0 Å². The van der Waals surface area contributed by atoms with Gasteiger partial charge < -0.3 is 15.6 Å². The first kappa shape index (κ1) is 18.1. The van der Waals surface area contributed by atoms with Crippen LogP contribution < -0.4 is 11.1 Å². The molecule has 0 aliphatic heterocycles. The normalized spacial score (nSPS) is 12.0. The van der Waals surface area contributed by atoms with Crippen molar-refractivity contribution in [2.24, 2.45) is 0 Å². The molecular weight excluding hydrogens is 354 g/mol. The lowest BCUT2D eigenvalue weighted by molar-refractivity contribution is 0.602. The minimum Gasteiger partial charge on any atom is -0.383 e. The Morgan fingerprint density at radius 1 is 1.23 bits per heavy atom. The highest BCUT2D eigenvalue weighted by atomic mass is 32.2. The zero-order valence-electron chi connectivity index (χ0n) is 14.8. The summed E-state index contributed by atoms with van der Waals surface area (Å²) in [5.74, 6) is 0.544. The summed E-state index contributed by atoms with van der Waals surface area (Å²) in [5.41, 5.74) is 9.08. The van der Waals surface area contributed by atoms with Gasteiger partial charge >= 0.3 is 0 Å². The monoisotopic (exact) mass is 375 g/mol. The molecule has 0 spiro atoms. The van der Waals surface area contributed by atoms with Crippen LogP contribution in [0.2, 0.25) is 0 Å². The summed E-state index contributed by atoms with van der Waals surface area (Å²) in [4.78, 5) is 17.1. The van der Waals surface area contributed by atoms with E-state index in [4.69, 9.17) is 5.73 Å². The Morgan fingerprint density at radius 2 is 2.00 bits per heavy atom. The van der Waals surface area contributed by atoms with Crippen LogP contribution in [0.1, 0.15) is 19.9 Å². The van der Waals surface area contributed by atoms with Crippen LogP contribution in [0.25, 0.3) is 22.3 Å². The van der Waals surface area contributed by atoms with Crippen molar-refractivity contribution in [3.05, 3.63) is 24.8 Å². The predicted molar refractivity (Wildman–Crippen MR) is 102 cm³/mol. The van der Waals surface area contributed by atoms with Gasteiger partial charge in [-0.25, -0.2) is 18.4 Å². The number of nitrogens with two attached hydrogens (primary N) is 1. The van der Waals surface area contributed by atoms with Gasteiger partial charge in [-0.05, 0) is 19.9 Å². The number of fused-ring (bicyclic) bond motifs is 1. The quantitative estimate of drug-likeness (QED) is 0.663. The van der Waals surface area contributed by atoms with E-state index in [1.165, 1.54) is 6.26 Å². The maximum atomic E-state index is 11.2. The van der Waals surface area contributed by atoms with E-state index in [1.54, 1.807) is 18.7 Å². The second kappa shape index (κ2) is 6.87. The third kappa shape index (κ3) is 3.90. The van der Waals surface area contributed by atoms with Gasteiger partial charge in [0.15, 0.2) is 0 Å². The highest BCUT2D eigenvalue weighted by Crippen LogP contribution is 2.26. The summed E-state index contributed by atoms with van der Waals surface area (Å²) < 4.78 is 24.4. The molecule has 0 saturated heterocycles. The fourth-order valence-electron chi connectivity index (χ4n) is 2.51. The van der Waals surface area contributed by atoms with Crippen molar-refractivity contribution < 1.29 is 8.42 Å². The Labute approximate surface area is 151 Å². The molecule has 3 heterocycles. The topological polar surface area (TPSA) is 129 Å². The molecule has 0 aromatic carbocycles. The largest absolute Gasteiger partial charge is 0.383 e. The molecule has 3 rings (SSSR count). The number of nitrogens with one attached hydrogen (secondary N) is 1. The third-order valence-corrected chi connectivity index (χ3v) is 4.81. The number of aromatic nitrogens is 5. The third-order valence-electron chi connectivity index (χ3n) is 3.87. The molecule has 0 saturated carbocycles. The van der Waals surface area contributed by atoms with E-state index in [2.05, 4.69) is 43.7 Å². The van der Waals surface area contributed by atoms with Crippen molar-refractivity contribution in [3.63, 3.8) is 0 Å².